The summed E-state index contributed by atoms with van der Waals surface area (Å²) in [7, 11) is -3.76. The van der Waals surface area contributed by atoms with Gasteiger partial charge in [-0.1, -0.05) is 46.3 Å². The number of nitrogens with zero attached hydrogens (tertiary/aromatic N) is 1. The standard InChI is InChI=1S/C17H14BrNO4S/c1-24(22,23)16-14(11-7-9-12(18)10-8-11)19(17(21)15(16)20)13-5-3-2-4-6-13/h2-10,14,16H,1H3/t14-,16+/m0/s1. The van der Waals surface area contributed by atoms with E-state index in [0.717, 1.165) is 10.7 Å². The molecule has 1 fully saturated rings. The molecule has 3 rings (SSSR count). The first kappa shape index (κ1) is 16.9. The summed E-state index contributed by atoms with van der Waals surface area (Å²) >= 11 is 3.33. The van der Waals surface area contributed by atoms with Crippen LogP contribution in [0.3, 0.4) is 0 Å². The molecule has 1 aliphatic heterocycles. The first-order valence-electron chi connectivity index (χ1n) is 7.17. The number of rotatable bonds is 3. The summed E-state index contributed by atoms with van der Waals surface area (Å²) < 4.78 is 25.2. The van der Waals surface area contributed by atoms with E-state index < -0.39 is 32.8 Å². The molecular weight excluding hydrogens is 394 g/mol. The number of ketones is 1. The van der Waals surface area contributed by atoms with Gasteiger partial charge in [0.05, 0.1) is 6.04 Å². The summed E-state index contributed by atoms with van der Waals surface area (Å²) in [5, 5.41) is -1.41. The molecule has 5 nitrogen and oxygen atoms in total. The fraction of sp³-hybridized carbons (Fsp3) is 0.176. The van der Waals surface area contributed by atoms with Gasteiger partial charge in [-0.15, -0.1) is 0 Å². The Labute approximate surface area is 148 Å². The molecule has 0 aromatic heterocycles. The Kier molecular flexibility index (Phi) is 4.31. The van der Waals surface area contributed by atoms with Crippen LogP contribution in [-0.4, -0.2) is 31.6 Å². The maximum atomic E-state index is 12.5. The molecule has 1 saturated heterocycles. The Morgan fingerprint density at radius 1 is 0.958 bits per heavy atom. The molecule has 24 heavy (non-hydrogen) atoms. The van der Waals surface area contributed by atoms with Gasteiger partial charge < -0.3 is 0 Å². The first-order chi connectivity index (χ1) is 11.3. The minimum atomic E-state index is -3.76. The fourth-order valence-electron chi connectivity index (χ4n) is 2.92. The molecule has 1 aliphatic rings. The van der Waals surface area contributed by atoms with Gasteiger partial charge in [-0.3, -0.25) is 14.5 Å². The zero-order valence-corrected chi connectivity index (χ0v) is 15.1. The number of Topliss-reactive ketones (excluding diaryl/α,β-unsaturated/α-hetero) is 1. The van der Waals surface area contributed by atoms with E-state index in [1.165, 1.54) is 4.90 Å². The Morgan fingerprint density at radius 3 is 2.08 bits per heavy atom. The minimum absolute atomic E-state index is 0.495. The molecule has 0 unspecified atom stereocenters. The average molecular weight is 408 g/mol. The lowest BCUT2D eigenvalue weighted by atomic mass is 10.0. The number of amides is 1. The average Bonchev–Trinajstić information content (AvgIpc) is 2.81. The molecule has 0 spiro atoms. The summed E-state index contributed by atoms with van der Waals surface area (Å²) in [6, 6.07) is 14.7. The maximum absolute atomic E-state index is 12.5. The second-order valence-electron chi connectivity index (χ2n) is 5.62. The van der Waals surface area contributed by atoms with Gasteiger partial charge in [-0.2, -0.15) is 0 Å². The number of benzene rings is 2. The highest BCUT2D eigenvalue weighted by molar-refractivity contribution is 9.10. The largest absolute Gasteiger partial charge is 0.296 e. The van der Waals surface area contributed by atoms with Crippen molar-refractivity contribution >= 4 is 43.1 Å². The predicted molar refractivity (Wildman–Crippen MR) is 94.4 cm³/mol. The van der Waals surface area contributed by atoms with Gasteiger partial charge in [0.25, 0.3) is 5.91 Å². The number of hydrogen-bond acceptors (Lipinski definition) is 4. The van der Waals surface area contributed by atoms with Crippen molar-refractivity contribution in [1.82, 2.24) is 0 Å². The van der Waals surface area contributed by atoms with E-state index in [9.17, 15) is 18.0 Å². The molecule has 0 radical (unpaired) electrons. The van der Waals surface area contributed by atoms with E-state index in [1.54, 1.807) is 54.6 Å². The Hall–Kier alpha value is -1.99. The molecule has 2 aromatic carbocycles. The summed E-state index contributed by atoms with van der Waals surface area (Å²) in [5.74, 6) is -1.70. The number of para-hydroxylation sites is 1. The van der Waals surface area contributed by atoms with Crippen LogP contribution in [0.4, 0.5) is 5.69 Å². The lowest BCUT2D eigenvalue weighted by Gasteiger charge is -2.27. The maximum Gasteiger partial charge on any atom is 0.296 e. The van der Waals surface area contributed by atoms with Crippen molar-refractivity contribution in [2.45, 2.75) is 11.3 Å². The number of anilines is 1. The Balaban J connectivity index is 2.21. The first-order valence-corrected chi connectivity index (χ1v) is 9.92. The molecule has 0 saturated carbocycles. The third-order valence-electron chi connectivity index (χ3n) is 3.96. The molecule has 2 atom stereocenters. The van der Waals surface area contributed by atoms with Crippen LogP contribution >= 0.6 is 15.9 Å². The van der Waals surface area contributed by atoms with Crippen LogP contribution in [0, 0.1) is 0 Å². The fourth-order valence-corrected chi connectivity index (χ4v) is 4.43. The number of carbonyl (C=O) groups is 2. The lowest BCUT2D eigenvalue weighted by molar-refractivity contribution is -0.133. The van der Waals surface area contributed by atoms with Crippen LogP contribution in [-0.2, 0) is 19.4 Å². The highest BCUT2D eigenvalue weighted by Gasteiger charge is 2.53. The monoisotopic (exact) mass is 407 g/mol. The van der Waals surface area contributed by atoms with Crippen molar-refractivity contribution in [3.8, 4) is 0 Å². The Morgan fingerprint density at radius 2 is 1.54 bits per heavy atom. The minimum Gasteiger partial charge on any atom is -0.296 e. The number of hydrogen-bond donors (Lipinski definition) is 0. The number of carbonyl (C=O) groups excluding carboxylic acids is 2. The highest BCUT2D eigenvalue weighted by Crippen LogP contribution is 2.39. The molecule has 124 valence electrons. The van der Waals surface area contributed by atoms with Crippen molar-refractivity contribution in [3.05, 3.63) is 64.6 Å². The molecule has 0 bridgehead atoms. The van der Waals surface area contributed by atoms with Crippen molar-refractivity contribution in [1.29, 1.82) is 0 Å². The van der Waals surface area contributed by atoms with Crippen LogP contribution < -0.4 is 4.90 Å². The predicted octanol–water partition coefficient (Wildman–Crippen LogP) is 2.52. The summed E-state index contributed by atoms with van der Waals surface area (Å²) in [5.41, 5.74) is 1.09. The van der Waals surface area contributed by atoms with Crippen LogP contribution in [0.15, 0.2) is 59.1 Å². The summed E-state index contributed by atoms with van der Waals surface area (Å²) in [6.45, 7) is 0. The van der Waals surface area contributed by atoms with E-state index >= 15 is 0 Å². The second kappa shape index (κ2) is 6.14. The molecule has 1 amide bonds. The van der Waals surface area contributed by atoms with Crippen molar-refractivity contribution < 1.29 is 18.0 Å². The quantitative estimate of drug-likeness (QED) is 0.732. The summed E-state index contributed by atoms with van der Waals surface area (Å²) in [4.78, 5) is 26.2. The van der Waals surface area contributed by atoms with Gasteiger partial charge >= 0.3 is 0 Å². The normalized spacial score (nSPS) is 21.3. The third kappa shape index (κ3) is 2.89. The van der Waals surface area contributed by atoms with Crippen LogP contribution in [0.1, 0.15) is 11.6 Å². The summed E-state index contributed by atoms with van der Waals surface area (Å²) in [6.07, 6.45) is 0.989. The molecule has 2 aromatic rings. The SMILES string of the molecule is CS(=O)(=O)[C@H]1C(=O)C(=O)N(c2ccccc2)[C@H]1c1ccc(Br)cc1. The van der Waals surface area contributed by atoms with Gasteiger partial charge in [0.15, 0.2) is 15.1 Å². The van der Waals surface area contributed by atoms with Crippen molar-refractivity contribution in [2.75, 3.05) is 11.2 Å². The lowest BCUT2D eigenvalue weighted by Crippen LogP contribution is -2.33. The van der Waals surface area contributed by atoms with Gasteiger partial charge in [0, 0.05) is 16.4 Å². The highest BCUT2D eigenvalue weighted by atomic mass is 79.9. The van der Waals surface area contributed by atoms with E-state index in [1.807, 2.05) is 0 Å². The molecule has 0 N–H and O–H groups in total. The number of sulfone groups is 1. The van der Waals surface area contributed by atoms with Gasteiger partial charge in [-0.05, 0) is 29.8 Å². The van der Waals surface area contributed by atoms with E-state index in [0.29, 0.717) is 11.3 Å². The van der Waals surface area contributed by atoms with Crippen LogP contribution in [0.25, 0.3) is 0 Å². The van der Waals surface area contributed by atoms with E-state index in [-0.39, 0.29) is 0 Å². The molecule has 0 aliphatic carbocycles. The smallest absolute Gasteiger partial charge is 0.296 e. The topological polar surface area (TPSA) is 71.5 Å². The molecular formula is C17H14BrNO4S. The second-order valence-corrected chi connectivity index (χ2v) is 8.70. The van der Waals surface area contributed by atoms with E-state index in [4.69, 9.17) is 0 Å². The van der Waals surface area contributed by atoms with Crippen LogP contribution in [0.5, 0.6) is 0 Å². The van der Waals surface area contributed by atoms with Crippen molar-refractivity contribution in [2.24, 2.45) is 0 Å². The number of halogens is 1. The Bertz CT molecular complexity index is 894. The zero-order chi connectivity index (χ0) is 17.5. The molecule has 7 heteroatoms. The zero-order valence-electron chi connectivity index (χ0n) is 12.7. The molecule has 1 heterocycles. The van der Waals surface area contributed by atoms with Crippen molar-refractivity contribution in [3.63, 3.8) is 0 Å². The van der Waals surface area contributed by atoms with Crippen LogP contribution in [0.2, 0.25) is 0 Å². The van der Waals surface area contributed by atoms with Gasteiger partial charge in [0.2, 0.25) is 5.78 Å². The van der Waals surface area contributed by atoms with E-state index in [2.05, 4.69) is 15.9 Å². The van der Waals surface area contributed by atoms with Gasteiger partial charge in [0.1, 0.15) is 0 Å². The third-order valence-corrected chi connectivity index (χ3v) is 5.88. The van der Waals surface area contributed by atoms with Gasteiger partial charge in [-0.25, -0.2) is 8.42 Å².